The number of carbonyl (C=O) groups excluding carboxylic acids is 1. The Morgan fingerprint density at radius 2 is 1.96 bits per heavy atom. The predicted molar refractivity (Wildman–Crippen MR) is 105 cm³/mol. The van der Waals surface area contributed by atoms with Gasteiger partial charge in [-0.3, -0.25) is 4.79 Å². The highest BCUT2D eigenvalue weighted by Crippen LogP contribution is 2.31. The van der Waals surface area contributed by atoms with E-state index in [9.17, 15) is 9.90 Å². The molecule has 0 spiro atoms. The molecule has 0 aliphatic heterocycles. The van der Waals surface area contributed by atoms with Gasteiger partial charge in [-0.25, -0.2) is 5.43 Å². The second-order valence-corrected chi connectivity index (χ2v) is 7.39. The summed E-state index contributed by atoms with van der Waals surface area (Å²) in [7, 11) is 1.52. The van der Waals surface area contributed by atoms with Crippen molar-refractivity contribution in [2.24, 2.45) is 5.10 Å². The third kappa shape index (κ3) is 5.72. The van der Waals surface area contributed by atoms with Gasteiger partial charge in [0, 0.05) is 14.5 Å². The molecule has 6 nitrogen and oxygen atoms in total. The van der Waals surface area contributed by atoms with Crippen molar-refractivity contribution >= 4 is 59.9 Å². The molecule has 1 amide bonds. The summed E-state index contributed by atoms with van der Waals surface area (Å²) >= 11 is 9.86. The number of nitrogens with one attached hydrogen (secondary N) is 1. The standard InChI is InChI=1S/C16H13Br3N2O4/c1-24-14-6-10(17)2-3-13(14)25-8-15(22)21-20-7-9-4-11(18)5-12(19)16(9)23/h2-7,23H,8H2,1H3,(H,21,22)/b20-7-. The number of rotatable bonds is 6. The summed E-state index contributed by atoms with van der Waals surface area (Å²) in [5.74, 6) is 0.528. The Morgan fingerprint density at radius 1 is 1.20 bits per heavy atom. The molecule has 25 heavy (non-hydrogen) atoms. The molecule has 9 heteroatoms. The van der Waals surface area contributed by atoms with Crippen LogP contribution in [-0.2, 0) is 4.79 Å². The molecule has 0 bridgehead atoms. The smallest absolute Gasteiger partial charge is 0.277 e. The Bertz CT molecular complexity index is 812. The molecular formula is C16H13Br3N2O4. The predicted octanol–water partition coefficient (Wildman–Crippen LogP) is 4.22. The highest BCUT2D eigenvalue weighted by atomic mass is 79.9. The van der Waals surface area contributed by atoms with Gasteiger partial charge in [-0.2, -0.15) is 5.10 Å². The third-order valence-electron chi connectivity index (χ3n) is 2.93. The average Bonchev–Trinajstić information content (AvgIpc) is 2.57. The Labute approximate surface area is 169 Å². The zero-order chi connectivity index (χ0) is 18.4. The van der Waals surface area contributed by atoms with Crippen LogP contribution in [0.5, 0.6) is 17.2 Å². The molecule has 0 aliphatic carbocycles. The van der Waals surface area contributed by atoms with E-state index in [1.165, 1.54) is 13.3 Å². The molecule has 0 saturated heterocycles. The molecule has 0 fully saturated rings. The molecule has 2 aromatic carbocycles. The molecule has 132 valence electrons. The number of carbonyl (C=O) groups is 1. The number of methoxy groups -OCH3 is 1. The third-order valence-corrected chi connectivity index (χ3v) is 4.49. The van der Waals surface area contributed by atoms with Gasteiger partial charge in [0.15, 0.2) is 18.1 Å². The Balaban J connectivity index is 1.93. The summed E-state index contributed by atoms with van der Waals surface area (Å²) in [5, 5.41) is 13.7. The molecule has 2 N–H and O–H groups in total. The van der Waals surface area contributed by atoms with E-state index in [4.69, 9.17) is 9.47 Å². The van der Waals surface area contributed by atoms with Crippen molar-refractivity contribution < 1.29 is 19.4 Å². The lowest BCUT2D eigenvalue weighted by Gasteiger charge is -2.10. The maximum Gasteiger partial charge on any atom is 0.277 e. The van der Waals surface area contributed by atoms with Gasteiger partial charge in [0.2, 0.25) is 0 Å². The van der Waals surface area contributed by atoms with Crippen molar-refractivity contribution in [3.8, 4) is 17.2 Å². The zero-order valence-electron chi connectivity index (χ0n) is 12.9. The average molecular weight is 537 g/mol. The summed E-state index contributed by atoms with van der Waals surface area (Å²) in [6, 6.07) is 8.57. The van der Waals surface area contributed by atoms with Crippen LogP contribution in [0.15, 0.2) is 48.9 Å². The van der Waals surface area contributed by atoms with Crippen LogP contribution in [0.4, 0.5) is 0 Å². The number of hydrazone groups is 1. The first-order valence-electron chi connectivity index (χ1n) is 6.87. The highest BCUT2D eigenvalue weighted by molar-refractivity contribution is 9.11. The van der Waals surface area contributed by atoms with Crippen LogP contribution >= 0.6 is 47.8 Å². The van der Waals surface area contributed by atoms with E-state index in [2.05, 4.69) is 58.3 Å². The number of halogens is 3. The first-order valence-corrected chi connectivity index (χ1v) is 9.25. The van der Waals surface area contributed by atoms with Gasteiger partial charge in [0.25, 0.3) is 5.91 Å². The van der Waals surface area contributed by atoms with Gasteiger partial charge < -0.3 is 14.6 Å². The van der Waals surface area contributed by atoms with Crippen LogP contribution in [0.25, 0.3) is 0 Å². The van der Waals surface area contributed by atoms with Crippen LogP contribution in [0.3, 0.4) is 0 Å². The van der Waals surface area contributed by atoms with Crippen molar-refractivity contribution in [3.63, 3.8) is 0 Å². The van der Waals surface area contributed by atoms with Crippen LogP contribution < -0.4 is 14.9 Å². The fraction of sp³-hybridized carbons (Fsp3) is 0.125. The highest BCUT2D eigenvalue weighted by Gasteiger charge is 2.08. The number of hydrogen-bond acceptors (Lipinski definition) is 5. The number of phenols is 1. The Hall–Kier alpha value is -1.58. The fourth-order valence-corrected chi connectivity index (χ4v) is 3.39. The van der Waals surface area contributed by atoms with Gasteiger partial charge in [-0.1, -0.05) is 31.9 Å². The van der Waals surface area contributed by atoms with E-state index < -0.39 is 5.91 Å². The number of benzene rings is 2. The zero-order valence-corrected chi connectivity index (χ0v) is 17.7. The van der Waals surface area contributed by atoms with Crippen molar-refractivity contribution in [2.75, 3.05) is 13.7 Å². The number of phenolic OH excluding ortho intramolecular Hbond substituents is 1. The summed E-state index contributed by atoms with van der Waals surface area (Å²) < 4.78 is 12.7. The second kappa shape index (κ2) is 9.21. The Kier molecular flexibility index (Phi) is 7.27. The molecule has 0 unspecified atom stereocenters. The molecular weight excluding hydrogens is 524 g/mol. The minimum absolute atomic E-state index is 0.0250. The number of ether oxygens (including phenoxy) is 2. The molecule has 0 aliphatic rings. The van der Waals surface area contributed by atoms with E-state index in [0.717, 1.165) is 8.95 Å². The maximum atomic E-state index is 11.8. The number of amides is 1. The topological polar surface area (TPSA) is 80.2 Å². The molecule has 2 aromatic rings. The molecule has 0 heterocycles. The van der Waals surface area contributed by atoms with Crippen molar-refractivity contribution in [3.05, 3.63) is 49.3 Å². The summed E-state index contributed by atoms with van der Waals surface area (Å²) in [6.07, 6.45) is 1.34. The van der Waals surface area contributed by atoms with Crippen molar-refractivity contribution in [2.45, 2.75) is 0 Å². The lowest BCUT2D eigenvalue weighted by molar-refractivity contribution is -0.123. The quantitative estimate of drug-likeness (QED) is 0.428. The first kappa shape index (κ1) is 19.7. The SMILES string of the molecule is COc1cc(Br)ccc1OCC(=O)N/N=C\c1cc(Br)cc(Br)c1O. The van der Waals surface area contributed by atoms with E-state index in [1.807, 2.05) is 0 Å². The summed E-state index contributed by atoms with van der Waals surface area (Å²) in [6.45, 7) is -0.233. The van der Waals surface area contributed by atoms with Crippen molar-refractivity contribution in [1.82, 2.24) is 5.43 Å². The van der Waals surface area contributed by atoms with Gasteiger partial charge in [0.1, 0.15) is 5.75 Å². The van der Waals surface area contributed by atoms with Crippen LogP contribution in [0.1, 0.15) is 5.56 Å². The lowest BCUT2D eigenvalue weighted by Crippen LogP contribution is -2.24. The fourth-order valence-electron chi connectivity index (χ4n) is 1.79. The van der Waals surface area contributed by atoms with E-state index >= 15 is 0 Å². The maximum absolute atomic E-state index is 11.8. The molecule has 2 rings (SSSR count). The largest absolute Gasteiger partial charge is 0.506 e. The van der Waals surface area contributed by atoms with E-state index in [-0.39, 0.29) is 12.4 Å². The molecule has 0 radical (unpaired) electrons. The summed E-state index contributed by atoms with van der Waals surface area (Å²) in [5.41, 5.74) is 2.77. The minimum Gasteiger partial charge on any atom is -0.506 e. The van der Waals surface area contributed by atoms with E-state index in [0.29, 0.717) is 21.5 Å². The normalized spacial score (nSPS) is 10.7. The first-order chi connectivity index (χ1) is 11.9. The minimum atomic E-state index is -0.449. The Morgan fingerprint density at radius 3 is 2.68 bits per heavy atom. The van der Waals surface area contributed by atoms with Gasteiger partial charge >= 0.3 is 0 Å². The number of nitrogens with zero attached hydrogens (tertiary/aromatic N) is 1. The molecule has 0 aromatic heterocycles. The summed E-state index contributed by atoms with van der Waals surface area (Å²) in [4.78, 5) is 11.8. The molecule has 0 atom stereocenters. The number of aromatic hydroxyl groups is 1. The van der Waals surface area contributed by atoms with Crippen LogP contribution in [-0.4, -0.2) is 30.9 Å². The van der Waals surface area contributed by atoms with Gasteiger partial charge in [-0.05, 0) is 46.3 Å². The lowest BCUT2D eigenvalue weighted by atomic mass is 10.2. The number of hydrogen-bond donors (Lipinski definition) is 2. The monoisotopic (exact) mass is 534 g/mol. The van der Waals surface area contributed by atoms with Gasteiger partial charge in [0.05, 0.1) is 17.8 Å². The van der Waals surface area contributed by atoms with Crippen LogP contribution in [0.2, 0.25) is 0 Å². The van der Waals surface area contributed by atoms with Crippen molar-refractivity contribution in [1.29, 1.82) is 0 Å². The van der Waals surface area contributed by atoms with Gasteiger partial charge in [-0.15, -0.1) is 0 Å². The van der Waals surface area contributed by atoms with Crippen LogP contribution in [0, 0.1) is 0 Å². The second-order valence-electron chi connectivity index (χ2n) is 4.70. The van der Waals surface area contributed by atoms with E-state index in [1.54, 1.807) is 30.3 Å². The molecule has 0 saturated carbocycles.